The molecule has 1 atom stereocenters. The minimum Gasteiger partial charge on any atom is -0.457 e. The predicted molar refractivity (Wildman–Crippen MR) is 182 cm³/mol. The molecule has 4 aromatic rings. The molecule has 252 valence electrons. The van der Waals surface area contributed by atoms with E-state index in [9.17, 15) is 19.2 Å². The van der Waals surface area contributed by atoms with Crippen molar-refractivity contribution in [3.8, 4) is 17.1 Å². The van der Waals surface area contributed by atoms with E-state index in [0.717, 1.165) is 53.9 Å². The van der Waals surface area contributed by atoms with Crippen molar-refractivity contribution in [2.75, 3.05) is 37.6 Å². The molecule has 0 bridgehead atoms. The summed E-state index contributed by atoms with van der Waals surface area (Å²) in [6.45, 7) is 7.52. The summed E-state index contributed by atoms with van der Waals surface area (Å²) in [6, 6.07) is 13.1. The van der Waals surface area contributed by atoms with Gasteiger partial charge in [0, 0.05) is 65.5 Å². The Morgan fingerprint density at radius 3 is 2.51 bits per heavy atom. The van der Waals surface area contributed by atoms with E-state index in [1.165, 1.54) is 0 Å². The molecule has 0 saturated carbocycles. The van der Waals surface area contributed by atoms with Crippen LogP contribution in [0, 0.1) is 0 Å². The summed E-state index contributed by atoms with van der Waals surface area (Å²) in [7, 11) is 0. The number of benzene rings is 2. The van der Waals surface area contributed by atoms with Gasteiger partial charge in [0.2, 0.25) is 5.60 Å². The van der Waals surface area contributed by atoms with Gasteiger partial charge in [-0.1, -0.05) is 25.4 Å². The van der Waals surface area contributed by atoms with E-state index in [4.69, 9.17) is 30.8 Å². The van der Waals surface area contributed by atoms with Gasteiger partial charge in [-0.05, 0) is 60.9 Å². The van der Waals surface area contributed by atoms with Crippen molar-refractivity contribution in [1.29, 1.82) is 0 Å². The van der Waals surface area contributed by atoms with Crippen LogP contribution in [0.25, 0.3) is 22.3 Å². The predicted octanol–water partition coefficient (Wildman–Crippen LogP) is 4.52. The second-order valence-corrected chi connectivity index (χ2v) is 13.4. The van der Waals surface area contributed by atoms with Gasteiger partial charge in [0.25, 0.3) is 5.56 Å². The summed E-state index contributed by atoms with van der Waals surface area (Å²) in [6.07, 6.45) is 1.02. The maximum Gasteiger partial charge on any atom is 0.355 e. The lowest BCUT2D eigenvalue weighted by atomic mass is 9.85. The van der Waals surface area contributed by atoms with Gasteiger partial charge in [-0.15, -0.1) is 0 Å². The molecule has 1 saturated heterocycles. The van der Waals surface area contributed by atoms with Gasteiger partial charge >= 0.3 is 17.9 Å². The Morgan fingerprint density at radius 2 is 1.78 bits per heavy atom. The highest BCUT2D eigenvalue weighted by molar-refractivity contribution is 6.30. The lowest BCUT2D eigenvalue weighted by molar-refractivity contribution is -0.189. The average molecular weight is 683 g/mol. The van der Waals surface area contributed by atoms with Gasteiger partial charge in [0.1, 0.15) is 12.4 Å². The zero-order valence-corrected chi connectivity index (χ0v) is 28.1. The number of ether oxygens (including phenoxy) is 3. The number of hydrogen-bond acceptors (Lipinski definition) is 10. The molecule has 0 unspecified atom stereocenters. The van der Waals surface area contributed by atoms with Crippen LogP contribution in [0.3, 0.4) is 0 Å². The van der Waals surface area contributed by atoms with Gasteiger partial charge < -0.3 is 23.7 Å². The third-order valence-electron chi connectivity index (χ3n) is 10.4. The van der Waals surface area contributed by atoms with Crippen molar-refractivity contribution >= 4 is 46.1 Å². The molecule has 1 fully saturated rings. The van der Waals surface area contributed by atoms with E-state index in [-0.39, 0.29) is 37.4 Å². The number of fused-ring (bicyclic) bond motifs is 7. The van der Waals surface area contributed by atoms with E-state index in [1.807, 2.05) is 37.3 Å². The fourth-order valence-corrected chi connectivity index (χ4v) is 7.95. The number of halogens is 1. The van der Waals surface area contributed by atoms with Crippen LogP contribution in [0.1, 0.15) is 54.5 Å². The Balaban J connectivity index is 1.07. The van der Waals surface area contributed by atoms with E-state index >= 15 is 0 Å². The normalized spacial score (nSPS) is 19.6. The van der Waals surface area contributed by atoms with Crippen LogP contribution in [-0.4, -0.2) is 65.1 Å². The monoisotopic (exact) mass is 682 g/mol. The number of aromatic nitrogens is 2. The van der Waals surface area contributed by atoms with E-state index in [2.05, 4.69) is 9.80 Å². The zero-order chi connectivity index (χ0) is 34.0. The fraction of sp³-hybridized carbons (Fsp3) is 0.378. The summed E-state index contributed by atoms with van der Waals surface area (Å²) >= 11 is 6.04. The SMILES string of the molecule is CCc1c2c(nc3ccc4c(c13)CC(=O)O4)-c1cc3c(c(=O)n1C2)COC(=O)[C@@]3(CC)OC(=O)CCN1CCN(c2ccc(Cl)cc2)CC1. The molecule has 4 aliphatic rings. The Kier molecular flexibility index (Phi) is 7.72. The topological polar surface area (TPSA) is 120 Å². The van der Waals surface area contributed by atoms with Crippen LogP contribution in [0.15, 0.2) is 47.3 Å². The van der Waals surface area contributed by atoms with Gasteiger partial charge in [-0.2, -0.15) is 0 Å². The van der Waals surface area contributed by atoms with Crippen LogP contribution in [0.5, 0.6) is 5.75 Å². The van der Waals surface area contributed by atoms with Gasteiger partial charge in [0.05, 0.1) is 41.9 Å². The van der Waals surface area contributed by atoms with E-state index in [1.54, 1.807) is 23.6 Å². The molecule has 12 heteroatoms. The molecule has 4 aliphatic heterocycles. The average Bonchev–Trinajstić information content (AvgIpc) is 3.68. The molecule has 0 spiro atoms. The summed E-state index contributed by atoms with van der Waals surface area (Å²) in [5.74, 6) is -0.974. The molecule has 11 nitrogen and oxygen atoms in total. The Morgan fingerprint density at radius 1 is 1.00 bits per heavy atom. The summed E-state index contributed by atoms with van der Waals surface area (Å²) < 4.78 is 18.7. The highest BCUT2D eigenvalue weighted by Gasteiger charge is 2.50. The Bertz CT molecular complexity index is 2120. The number of aryl methyl sites for hydroxylation is 1. The first-order chi connectivity index (χ1) is 23.7. The maximum absolute atomic E-state index is 14.1. The number of piperazine rings is 1. The number of nitrogens with zero attached hydrogens (tertiary/aromatic N) is 4. The fourth-order valence-electron chi connectivity index (χ4n) is 7.82. The summed E-state index contributed by atoms with van der Waals surface area (Å²) in [5.41, 5.74) is 4.32. The highest BCUT2D eigenvalue weighted by Crippen LogP contribution is 2.44. The first kappa shape index (κ1) is 31.5. The minimum absolute atomic E-state index is 0.0853. The zero-order valence-electron chi connectivity index (χ0n) is 27.3. The quantitative estimate of drug-likeness (QED) is 0.179. The van der Waals surface area contributed by atoms with Crippen molar-refractivity contribution in [3.05, 3.63) is 85.7 Å². The van der Waals surface area contributed by atoms with Crippen LogP contribution < -0.4 is 15.2 Å². The molecule has 2 aromatic heterocycles. The van der Waals surface area contributed by atoms with Crippen LogP contribution in [-0.2, 0) is 55.5 Å². The maximum atomic E-state index is 14.1. The van der Waals surface area contributed by atoms with Gasteiger partial charge in [0.15, 0.2) is 0 Å². The Labute approximate surface area is 287 Å². The van der Waals surface area contributed by atoms with Crippen LogP contribution in [0.4, 0.5) is 5.69 Å². The third-order valence-corrected chi connectivity index (χ3v) is 10.6. The lowest BCUT2D eigenvalue weighted by Gasteiger charge is -2.37. The van der Waals surface area contributed by atoms with Crippen molar-refractivity contribution in [3.63, 3.8) is 0 Å². The smallest absolute Gasteiger partial charge is 0.355 e. The van der Waals surface area contributed by atoms with Crippen molar-refractivity contribution in [1.82, 2.24) is 14.5 Å². The molecule has 2 aromatic carbocycles. The van der Waals surface area contributed by atoms with Crippen molar-refractivity contribution in [2.45, 2.75) is 58.3 Å². The number of esters is 3. The number of pyridine rings is 2. The molecular weight excluding hydrogens is 648 g/mol. The number of cyclic esters (lactones) is 1. The first-order valence-electron chi connectivity index (χ1n) is 16.8. The van der Waals surface area contributed by atoms with Crippen LogP contribution in [0.2, 0.25) is 5.02 Å². The molecule has 0 aliphatic carbocycles. The number of carbonyl (C=O) groups is 3. The van der Waals surface area contributed by atoms with E-state index < -0.39 is 17.5 Å². The lowest BCUT2D eigenvalue weighted by Crippen LogP contribution is -2.49. The Hall–Kier alpha value is -4.74. The molecular formula is C37H35ClN4O7. The largest absolute Gasteiger partial charge is 0.457 e. The summed E-state index contributed by atoms with van der Waals surface area (Å²) in [5, 5.41) is 1.58. The second kappa shape index (κ2) is 12.0. The highest BCUT2D eigenvalue weighted by atomic mass is 35.5. The third kappa shape index (κ3) is 5.09. The van der Waals surface area contributed by atoms with Crippen molar-refractivity contribution < 1.29 is 28.6 Å². The standard InChI is InChI=1S/C37H35ClN4O7/c1-3-23-25-19-42-29(34(25)39-28-9-10-30-24(33(23)28)17-32(44)48-30)18-27-26(35(42)45)20-47-36(46)37(27,4-2)49-31(43)11-12-40-13-15-41(16-14-40)22-7-5-21(38)6-8-22/h5-10,18H,3-4,11-17,19-20H2,1-2H3/t37-/m0/s1. The second-order valence-electron chi connectivity index (χ2n) is 13.0. The summed E-state index contributed by atoms with van der Waals surface area (Å²) in [4.78, 5) is 62.7. The first-order valence-corrected chi connectivity index (χ1v) is 17.2. The van der Waals surface area contributed by atoms with E-state index in [0.29, 0.717) is 58.3 Å². The van der Waals surface area contributed by atoms with Crippen LogP contribution >= 0.6 is 11.6 Å². The number of hydrogen-bond donors (Lipinski definition) is 0. The molecule has 0 radical (unpaired) electrons. The minimum atomic E-state index is -1.75. The molecule has 49 heavy (non-hydrogen) atoms. The molecule has 0 amide bonds. The molecule has 0 N–H and O–H groups in total. The van der Waals surface area contributed by atoms with Crippen molar-refractivity contribution in [2.24, 2.45) is 0 Å². The number of carbonyl (C=O) groups excluding carboxylic acids is 3. The van der Waals surface area contributed by atoms with Gasteiger partial charge in [-0.25, -0.2) is 9.78 Å². The van der Waals surface area contributed by atoms with Gasteiger partial charge in [-0.3, -0.25) is 19.3 Å². The number of rotatable bonds is 7. The molecule has 6 heterocycles. The number of anilines is 1. The molecule has 8 rings (SSSR count).